The molecule has 1 heterocycles. The molecule has 0 radical (unpaired) electrons. The number of aliphatic hydroxyl groups excluding tert-OH is 1. The number of rotatable bonds is 2. The van der Waals surface area contributed by atoms with Gasteiger partial charge in [-0.1, -0.05) is 12.1 Å². The summed E-state index contributed by atoms with van der Waals surface area (Å²) >= 11 is 0. The number of hydrogen-bond acceptors (Lipinski definition) is 4. The summed E-state index contributed by atoms with van der Waals surface area (Å²) in [6, 6.07) is 5.11. The molecule has 1 aliphatic rings. The molecule has 0 bridgehead atoms. The van der Waals surface area contributed by atoms with Gasteiger partial charge in [-0.2, -0.15) is 0 Å². The fourth-order valence-corrected chi connectivity index (χ4v) is 1.49. The first-order valence-electron chi connectivity index (χ1n) is 4.58. The van der Waals surface area contributed by atoms with Crippen LogP contribution in [-0.4, -0.2) is 24.9 Å². The maximum Gasteiger partial charge on any atom is 0.166 e. The van der Waals surface area contributed by atoms with Gasteiger partial charge in [-0.05, 0) is 6.07 Å². The topological polar surface area (TPSA) is 64.7 Å². The molecule has 1 aromatic rings. The van der Waals surface area contributed by atoms with E-state index >= 15 is 0 Å². The molecule has 0 aromatic heterocycles. The monoisotopic (exact) mass is 195 g/mol. The Morgan fingerprint density at radius 1 is 1.36 bits per heavy atom. The maximum absolute atomic E-state index is 8.97. The van der Waals surface area contributed by atoms with Gasteiger partial charge in [-0.15, -0.1) is 0 Å². The van der Waals surface area contributed by atoms with E-state index in [2.05, 4.69) is 0 Å². The van der Waals surface area contributed by atoms with E-state index in [1.807, 2.05) is 18.2 Å². The molecule has 0 saturated carbocycles. The maximum atomic E-state index is 8.97. The Balaban J connectivity index is 2.39. The van der Waals surface area contributed by atoms with Crippen molar-refractivity contribution in [2.45, 2.75) is 6.04 Å². The van der Waals surface area contributed by atoms with E-state index in [9.17, 15) is 0 Å². The Morgan fingerprint density at radius 2 is 2.14 bits per heavy atom. The highest BCUT2D eigenvalue weighted by atomic mass is 16.6. The van der Waals surface area contributed by atoms with Gasteiger partial charge in [0.2, 0.25) is 0 Å². The molecule has 0 fully saturated rings. The van der Waals surface area contributed by atoms with Crippen LogP contribution in [-0.2, 0) is 0 Å². The van der Waals surface area contributed by atoms with Crippen molar-refractivity contribution in [1.29, 1.82) is 0 Å². The Morgan fingerprint density at radius 3 is 2.93 bits per heavy atom. The molecule has 14 heavy (non-hydrogen) atoms. The average Bonchev–Trinajstić information content (AvgIpc) is 2.27. The highest BCUT2D eigenvalue weighted by Gasteiger charge is 2.18. The molecule has 0 spiro atoms. The van der Waals surface area contributed by atoms with Crippen LogP contribution in [0.5, 0.6) is 11.5 Å². The molecule has 1 unspecified atom stereocenters. The van der Waals surface area contributed by atoms with Crippen LogP contribution in [0.3, 0.4) is 0 Å². The summed E-state index contributed by atoms with van der Waals surface area (Å²) in [6.07, 6.45) is 0. The molecule has 1 atom stereocenters. The van der Waals surface area contributed by atoms with Crippen molar-refractivity contribution >= 4 is 0 Å². The van der Waals surface area contributed by atoms with Gasteiger partial charge >= 0.3 is 0 Å². The van der Waals surface area contributed by atoms with Crippen LogP contribution in [0.4, 0.5) is 0 Å². The number of hydrogen-bond donors (Lipinski definition) is 2. The first kappa shape index (κ1) is 9.30. The van der Waals surface area contributed by atoms with Crippen LogP contribution in [0.25, 0.3) is 0 Å². The predicted octanol–water partition coefficient (Wildman–Crippen LogP) is 0.450. The molecule has 1 aromatic carbocycles. The number of fused-ring (bicyclic) bond motifs is 1. The van der Waals surface area contributed by atoms with Crippen LogP contribution in [0, 0.1) is 0 Å². The van der Waals surface area contributed by atoms with Crippen molar-refractivity contribution in [3.8, 4) is 11.5 Å². The Hall–Kier alpha value is -1.26. The van der Waals surface area contributed by atoms with Crippen LogP contribution in [0.2, 0.25) is 0 Å². The molecule has 76 valence electrons. The lowest BCUT2D eigenvalue weighted by Crippen LogP contribution is -2.21. The number of para-hydroxylation sites is 1. The van der Waals surface area contributed by atoms with Gasteiger partial charge in [0, 0.05) is 5.56 Å². The number of benzene rings is 1. The van der Waals surface area contributed by atoms with Gasteiger partial charge in [0.1, 0.15) is 13.2 Å². The van der Waals surface area contributed by atoms with Crippen molar-refractivity contribution in [2.75, 3.05) is 19.8 Å². The van der Waals surface area contributed by atoms with E-state index in [1.165, 1.54) is 0 Å². The van der Waals surface area contributed by atoms with Gasteiger partial charge in [0.25, 0.3) is 0 Å². The minimum absolute atomic E-state index is 0.0974. The molecule has 3 N–H and O–H groups in total. The standard InChI is InChI=1S/C10H13NO3/c11-8(6-12)7-2-1-3-9-10(7)14-5-4-13-9/h1-3,8,12H,4-6,11H2. The molecule has 4 nitrogen and oxygen atoms in total. The second-order valence-electron chi connectivity index (χ2n) is 3.16. The van der Waals surface area contributed by atoms with Gasteiger partial charge in [0.05, 0.1) is 12.6 Å². The summed E-state index contributed by atoms with van der Waals surface area (Å²) in [5.74, 6) is 1.37. The zero-order chi connectivity index (χ0) is 9.97. The first-order chi connectivity index (χ1) is 6.83. The van der Waals surface area contributed by atoms with Crippen LogP contribution < -0.4 is 15.2 Å². The third-order valence-electron chi connectivity index (χ3n) is 2.19. The molecule has 0 amide bonds. The molecule has 4 heteroatoms. The lowest BCUT2D eigenvalue weighted by molar-refractivity contribution is 0.167. The number of aliphatic hydroxyl groups is 1. The molecule has 0 aliphatic carbocycles. The third-order valence-corrected chi connectivity index (χ3v) is 2.19. The summed E-state index contributed by atoms with van der Waals surface area (Å²) < 4.78 is 10.9. The fourth-order valence-electron chi connectivity index (χ4n) is 1.49. The van der Waals surface area contributed by atoms with Crippen molar-refractivity contribution in [1.82, 2.24) is 0 Å². The lowest BCUT2D eigenvalue weighted by Gasteiger charge is -2.22. The molecular weight excluding hydrogens is 182 g/mol. The summed E-state index contributed by atoms with van der Waals surface area (Å²) in [7, 11) is 0. The SMILES string of the molecule is NC(CO)c1cccc2c1OCCO2. The Labute approximate surface area is 82.2 Å². The summed E-state index contributed by atoms with van der Waals surface area (Å²) in [4.78, 5) is 0. The zero-order valence-corrected chi connectivity index (χ0v) is 7.77. The number of ether oxygens (including phenoxy) is 2. The molecular formula is C10H13NO3. The average molecular weight is 195 g/mol. The Bertz CT molecular complexity index is 327. The molecule has 0 saturated heterocycles. The van der Waals surface area contributed by atoms with Crippen LogP contribution in [0.15, 0.2) is 18.2 Å². The third kappa shape index (κ3) is 1.54. The van der Waals surface area contributed by atoms with Crippen molar-refractivity contribution in [3.05, 3.63) is 23.8 Å². The second-order valence-corrected chi connectivity index (χ2v) is 3.16. The Kier molecular flexibility index (Phi) is 2.56. The lowest BCUT2D eigenvalue weighted by atomic mass is 10.1. The van der Waals surface area contributed by atoms with Crippen LogP contribution >= 0.6 is 0 Å². The highest BCUT2D eigenvalue weighted by molar-refractivity contribution is 5.48. The smallest absolute Gasteiger partial charge is 0.166 e. The quantitative estimate of drug-likeness (QED) is 0.719. The van der Waals surface area contributed by atoms with E-state index < -0.39 is 6.04 Å². The van der Waals surface area contributed by atoms with E-state index in [0.29, 0.717) is 24.7 Å². The van der Waals surface area contributed by atoms with Gasteiger partial charge in [-0.3, -0.25) is 0 Å². The van der Waals surface area contributed by atoms with Crippen LogP contribution in [0.1, 0.15) is 11.6 Å². The van der Waals surface area contributed by atoms with Crippen molar-refractivity contribution in [3.63, 3.8) is 0 Å². The number of nitrogens with two attached hydrogens (primary N) is 1. The van der Waals surface area contributed by atoms with E-state index in [4.69, 9.17) is 20.3 Å². The van der Waals surface area contributed by atoms with E-state index in [1.54, 1.807) is 0 Å². The van der Waals surface area contributed by atoms with Gasteiger partial charge in [0.15, 0.2) is 11.5 Å². The normalized spacial score (nSPS) is 16.4. The minimum Gasteiger partial charge on any atom is -0.486 e. The second kappa shape index (κ2) is 3.86. The molecule has 1 aliphatic heterocycles. The first-order valence-corrected chi connectivity index (χ1v) is 4.58. The van der Waals surface area contributed by atoms with Crippen molar-refractivity contribution < 1.29 is 14.6 Å². The van der Waals surface area contributed by atoms with E-state index in [-0.39, 0.29) is 6.61 Å². The minimum atomic E-state index is -0.411. The zero-order valence-electron chi connectivity index (χ0n) is 7.77. The van der Waals surface area contributed by atoms with E-state index in [0.717, 1.165) is 5.56 Å². The van der Waals surface area contributed by atoms with Crippen molar-refractivity contribution in [2.24, 2.45) is 5.73 Å². The summed E-state index contributed by atoms with van der Waals surface area (Å²) in [5.41, 5.74) is 6.53. The highest BCUT2D eigenvalue weighted by Crippen LogP contribution is 2.35. The fraction of sp³-hybridized carbons (Fsp3) is 0.400. The molecule has 2 rings (SSSR count). The van der Waals surface area contributed by atoms with Gasteiger partial charge in [-0.25, -0.2) is 0 Å². The summed E-state index contributed by atoms with van der Waals surface area (Å²) in [6.45, 7) is 0.993. The predicted molar refractivity (Wildman–Crippen MR) is 51.4 cm³/mol. The van der Waals surface area contributed by atoms with Gasteiger partial charge < -0.3 is 20.3 Å². The summed E-state index contributed by atoms with van der Waals surface area (Å²) in [5, 5.41) is 8.97. The largest absolute Gasteiger partial charge is 0.486 e.